The Hall–Kier alpha value is -4.20. The van der Waals surface area contributed by atoms with Crippen LogP contribution >= 0.6 is 0 Å². The van der Waals surface area contributed by atoms with Crippen molar-refractivity contribution >= 4 is 5.91 Å². The van der Waals surface area contributed by atoms with Crippen molar-refractivity contribution in [2.75, 3.05) is 21.3 Å². The third kappa shape index (κ3) is 3.48. The van der Waals surface area contributed by atoms with Gasteiger partial charge in [-0.25, -0.2) is 4.98 Å². The Balaban J connectivity index is 1.86. The van der Waals surface area contributed by atoms with Crippen LogP contribution in [0.2, 0.25) is 0 Å². The Morgan fingerprint density at radius 2 is 1.55 bits per heavy atom. The molecular weight excluding hydrogens is 398 g/mol. The summed E-state index contributed by atoms with van der Waals surface area (Å²) in [5.74, 6) is 1.41. The third-order valence-corrected chi connectivity index (χ3v) is 5.10. The first-order valence-electron chi connectivity index (χ1n) is 9.37. The average Bonchev–Trinajstić information content (AvgIpc) is 3.22. The Morgan fingerprint density at radius 3 is 2.10 bits per heavy atom. The second-order valence-corrected chi connectivity index (χ2v) is 6.84. The maximum atomic E-state index is 11.4. The van der Waals surface area contributed by atoms with Crippen molar-refractivity contribution in [2.45, 2.75) is 0 Å². The number of benzene rings is 2. The SMILES string of the molecule is COc1cc(-c2cc3c(-c4ccc(C(N)=O)cc4)cnc-3n(O)c2)cc(OC)c1OC. The van der Waals surface area contributed by atoms with Crippen molar-refractivity contribution < 1.29 is 24.2 Å². The molecule has 31 heavy (non-hydrogen) atoms. The molecule has 0 radical (unpaired) electrons. The van der Waals surface area contributed by atoms with E-state index in [1.807, 2.05) is 6.07 Å². The highest BCUT2D eigenvalue weighted by Gasteiger charge is 2.20. The topological polar surface area (TPSA) is 109 Å². The first kappa shape index (κ1) is 20.1. The zero-order valence-electron chi connectivity index (χ0n) is 17.2. The molecule has 2 aromatic rings. The highest BCUT2D eigenvalue weighted by Crippen LogP contribution is 2.43. The van der Waals surface area contributed by atoms with E-state index in [0.717, 1.165) is 32.5 Å². The molecule has 2 aliphatic heterocycles. The Morgan fingerprint density at radius 1 is 0.903 bits per heavy atom. The molecule has 0 aliphatic carbocycles. The number of ether oxygens (including phenoxy) is 3. The molecule has 0 bridgehead atoms. The zero-order chi connectivity index (χ0) is 22.1. The van der Waals surface area contributed by atoms with Crippen LogP contribution in [0.15, 0.2) is 54.9 Å². The molecule has 158 valence electrons. The summed E-state index contributed by atoms with van der Waals surface area (Å²) < 4.78 is 17.3. The molecule has 0 spiro atoms. The van der Waals surface area contributed by atoms with E-state index >= 15 is 0 Å². The molecule has 0 atom stereocenters. The number of carbonyl (C=O) groups is 1. The number of pyridine rings is 1. The summed E-state index contributed by atoms with van der Waals surface area (Å²) in [5.41, 5.74) is 9.61. The average molecular weight is 419 g/mol. The van der Waals surface area contributed by atoms with E-state index in [1.54, 1.807) is 70.1 Å². The molecule has 3 N–H and O–H groups in total. The van der Waals surface area contributed by atoms with Gasteiger partial charge in [0.05, 0.1) is 27.5 Å². The lowest BCUT2D eigenvalue weighted by Crippen LogP contribution is -2.10. The predicted molar refractivity (Wildman–Crippen MR) is 115 cm³/mol. The molecule has 2 heterocycles. The zero-order valence-corrected chi connectivity index (χ0v) is 17.2. The maximum Gasteiger partial charge on any atom is 0.248 e. The normalized spacial score (nSPS) is 10.8. The van der Waals surface area contributed by atoms with E-state index in [1.165, 1.54) is 0 Å². The van der Waals surface area contributed by atoms with Gasteiger partial charge in [0.15, 0.2) is 17.3 Å². The van der Waals surface area contributed by atoms with Crippen LogP contribution in [0.3, 0.4) is 0 Å². The number of amides is 1. The molecule has 1 amide bonds. The van der Waals surface area contributed by atoms with E-state index in [4.69, 9.17) is 19.9 Å². The van der Waals surface area contributed by atoms with Crippen molar-refractivity contribution in [1.82, 2.24) is 9.71 Å². The van der Waals surface area contributed by atoms with Crippen LogP contribution in [0.25, 0.3) is 33.6 Å². The molecule has 2 aliphatic rings. The van der Waals surface area contributed by atoms with Gasteiger partial charge in [-0.2, -0.15) is 4.73 Å². The van der Waals surface area contributed by atoms with E-state index in [-0.39, 0.29) is 0 Å². The summed E-state index contributed by atoms with van der Waals surface area (Å²) in [6, 6.07) is 12.4. The lowest BCUT2D eigenvalue weighted by atomic mass is 9.98. The summed E-state index contributed by atoms with van der Waals surface area (Å²) in [4.78, 5) is 15.7. The largest absolute Gasteiger partial charge is 0.493 e. The Kier molecular flexibility index (Phi) is 5.12. The molecule has 0 saturated carbocycles. The van der Waals surface area contributed by atoms with Crippen molar-refractivity contribution in [3.8, 4) is 50.9 Å². The number of rotatable bonds is 6. The number of carbonyl (C=O) groups excluding carboxylic acids is 1. The van der Waals surface area contributed by atoms with Crippen LogP contribution in [0, 0.1) is 0 Å². The van der Waals surface area contributed by atoms with Crippen molar-refractivity contribution in [3.05, 3.63) is 60.4 Å². The number of aromatic nitrogens is 2. The number of nitrogens with zero attached hydrogens (tertiary/aromatic N) is 2. The first-order chi connectivity index (χ1) is 15.0. The molecule has 0 unspecified atom stereocenters. The summed E-state index contributed by atoms with van der Waals surface area (Å²) >= 11 is 0. The Labute approximate surface area is 178 Å². The Bertz CT molecular complexity index is 1210. The molecule has 8 nitrogen and oxygen atoms in total. The van der Waals surface area contributed by atoms with Gasteiger partial charge in [-0.05, 0) is 41.5 Å². The fourth-order valence-corrected chi connectivity index (χ4v) is 3.55. The van der Waals surface area contributed by atoms with Gasteiger partial charge in [-0.15, -0.1) is 0 Å². The number of fused-ring (bicyclic) bond motifs is 1. The number of hydrogen-bond donors (Lipinski definition) is 2. The summed E-state index contributed by atoms with van der Waals surface area (Å²) in [6.45, 7) is 0. The minimum atomic E-state index is -0.491. The third-order valence-electron chi connectivity index (χ3n) is 5.10. The first-order valence-corrected chi connectivity index (χ1v) is 9.37. The summed E-state index contributed by atoms with van der Waals surface area (Å²) in [6.07, 6.45) is 3.24. The quantitative estimate of drug-likeness (QED) is 0.462. The van der Waals surface area contributed by atoms with E-state index in [0.29, 0.717) is 28.6 Å². The smallest absolute Gasteiger partial charge is 0.248 e. The standard InChI is InChI=1S/C23H21N3O5/c1-29-19-9-15(10-20(30-2)21(19)31-3)16-8-17-18(11-25-23(17)26(28)12-16)13-4-6-14(7-5-13)22(24)27/h4-12,28H,1-3H3,(H2,24,27). The number of hydrogen-bond acceptors (Lipinski definition) is 6. The van der Waals surface area contributed by atoms with Crippen molar-refractivity contribution in [1.29, 1.82) is 0 Å². The van der Waals surface area contributed by atoms with E-state index < -0.39 is 5.91 Å². The fourth-order valence-electron chi connectivity index (χ4n) is 3.55. The highest BCUT2D eigenvalue weighted by molar-refractivity contribution is 5.94. The minimum Gasteiger partial charge on any atom is -0.493 e. The second kappa shape index (κ2) is 7.91. The summed E-state index contributed by atoms with van der Waals surface area (Å²) in [7, 11) is 4.64. The molecule has 4 rings (SSSR count). The molecule has 8 heteroatoms. The van der Waals surface area contributed by atoms with Crippen LogP contribution in [0.5, 0.6) is 17.2 Å². The van der Waals surface area contributed by atoms with Gasteiger partial charge in [0, 0.05) is 28.5 Å². The molecule has 0 aromatic heterocycles. The van der Waals surface area contributed by atoms with Gasteiger partial charge in [-0.3, -0.25) is 4.79 Å². The van der Waals surface area contributed by atoms with Crippen LogP contribution in [0.1, 0.15) is 10.4 Å². The molecule has 0 saturated heterocycles. The van der Waals surface area contributed by atoms with Crippen molar-refractivity contribution in [3.63, 3.8) is 0 Å². The molecule has 0 fully saturated rings. The summed E-state index contributed by atoms with van der Waals surface area (Å²) in [5, 5.41) is 10.6. The number of primary amides is 1. The monoisotopic (exact) mass is 419 g/mol. The van der Waals surface area contributed by atoms with Crippen LogP contribution < -0.4 is 19.9 Å². The molecule has 2 aromatic carbocycles. The van der Waals surface area contributed by atoms with Crippen LogP contribution in [-0.2, 0) is 0 Å². The van der Waals surface area contributed by atoms with Crippen LogP contribution in [-0.4, -0.2) is 42.2 Å². The predicted octanol–water partition coefficient (Wildman–Crippen LogP) is 3.68. The fraction of sp³-hybridized carbons (Fsp3) is 0.130. The molecular formula is C23H21N3O5. The van der Waals surface area contributed by atoms with E-state index in [2.05, 4.69) is 4.98 Å². The minimum absolute atomic E-state index is 0.408. The number of nitrogens with two attached hydrogens (primary N) is 1. The van der Waals surface area contributed by atoms with Gasteiger partial charge in [0.2, 0.25) is 11.7 Å². The van der Waals surface area contributed by atoms with Gasteiger partial charge in [0.1, 0.15) is 0 Å². The lowest BCUT2D eigenvalue weighted by Gasteiger charge is -2.16. The van der Waals surface area contributed by atoms with Gasteiger partial charge in [0.25, 0.3) is 0 Å². The second-order valence-electron chi connectivity index (χ2n) is 6.84. The maximum absolute atomic E-state index is 11.4. The van der Waals surface area contributed by atoms with Gasteiger partial charge in [-0.1, -0.05) is 12.1 Å². The highest BCUT2D eigenvalue weighted by atomic mass is 16.5. The number of methoxy groups -OCH3 is 3. The van der Waals surface area contributed by atoms with Gasteiger partial charge < -0.3 is 25.2 Å². The van der Waals surface area contributed by atoms with Crippen molar-refractivity contribution in [2.24, 2.45) is 5.73 Å². The van der Waals surface area contributed by atoms with Crippen LogP contribution in [0.4, 0.5) is 0 Å². The van der Waals surface area contributed by atoms with Gasteiger partial charge >= 0.3 is 0 Å². The lowest BCUT2D eigenvalue weighted by molar-refractivity contribution is 0.100. The van der Waals surface area contributed by atoms with E-state index in [9.17, 15) is 10.0 Å².